The molecule has 0 bridgehead atoms. The van der Waals surface area contributed by atoms with Crippen LogP contribution in [-0.2, 0) is 0 Å². The number of thiazole rings is 1. The summed E-state index contributed by atoms with van der Waals surface area (Å²) in [7, 11) is 3.15. The van der Waals surface area contributed by atoms with Crippen LogP contribution in [0, 0.1) is 0 Å². The molecule has 3 rings (SSSR count). The maximum absolute atomic E-state index is 13.7. The molecule has 0 fully saturated rings. The van der Waals surface area contributed by atoms with Gasteiger partial charge < -0.3 is 19.1 Å². The van der Waals surface area contributed by atoms with Crippen molar-refractivity contribution in [3.8, 4) is 17.2 Å². The zero-order valence-electron chi connectivity index (χ0n) is 19.4. The van der Waals surface area contributed by atoms with Crippen LogP contribution in [0.3, 0.4) is 0 Å². The Bertz CT molecular complexity index is 1030. The molecule has 0 spiro atoms. The fraction of sp³-hybridized carbons (Fsp3) is 0.417. The second-order valence-corrected chi connectivity index (χ2v) is 8.13. The number of hydrogen-bond acceptors (Lipinski definition) is 7. The maximum atomic E-state index is 13.7. The molecule has 0 aliphatic carbocycles. The number of nitrogens with zero attached hydrogens (tertiary/aromatic N) is 3. The van der Waals surface area contributed by atoms with E-state index in [2.05, 4.69) is 18.7 Å². The van der Waals surface area contributed by atoms with Crippen molar-refractivity contribution in [2.24, 2.45) is 0 Å². The van der Waals surface area contributed by atoms with Gasteiger partial charge in [0.25, 0.3) is 5.91 Å². The Morgan fingerprint density at radius 1 is 1.00 bits per heavy atom. The van der Waals surface area contributed by atoms with Gasteiger partial charge in [-0.15, -0.1) is 0 Å². The molecule has 1 amide bonds. The first kappa shape index (κ1) is 23.8. The van der Waals surface area contributed by atoms with Crippen molar-refractivity contribution < 1.29 is 19.0 Å². The fourth-order valence-electron chi connectivity index (χ4n) is 3.45. The number of para-hydroxylation sites is 1. The summed E-state index contributed by atoms with van der Waals surface area (Å²) < 4.78 is 17.5. The average Bonchev–Trinajstić information content (AvgIpc) is 3.26. The molecule has 0 aliphatic rings. The molecule has 8 heteroatoms. The van der Waals surface area contributed by atoms with Crippen LogP contribution in [0.4, 0.5) is 5.13 Å². The summed E-state index contributed by atoms with van der Waals surface area (Å²) in [6.45, 7) is 9.84. The number of ether oxygens (including phenoxy) is 3. The van der Waals surface area contributed by atoms with E-state index in [1.165, 1.54) is 11.3 Å². The maximum Gasteiger partial charge on any atom is 0.260 e. The molecule has 0 saturated carbocycles. The highest BCUT2D eigenvalue weighted by Gasteiger charge is 2.24. The highest BCUT2D eigenvalue weighted by molar-refractivity contribution is 7.22. The highest BCUT2D eigenvalue weighted by Crippen LogP contribution is 2.35. The normalized spacial score (nSPS) is 11.1. The molecule has 0 unspecified atom stereocenters. The van der Waals surface area contributed by atoms with Gasteiger partial charge in [0.1, 0.15) is 22.8 Å². The van der Waals surface area contributed by atoms with E-state index >= 15 is 0 Å². The van der Waals surface area contributed by atoms with Crippen LogP contribution in [0.25, 0.3) is 10.2 Å². The van der Waals surface area contributed by atoms with Crippen molar-refractivity contribution in [2.75, 3.05) is 51.9 Å². The van der Waals surface area contributed by atoms with Crippen molar-refractivity contribution in [2.45, 2.75) is 20.8 Å². The van der Waals surface area contributed by atoms with Crippen LogP contribution >= 0.6 is 11.3 Å². The lowest BCUT2D eigenvalue weighted by Gasteiger charge is -2.25. The third-order valence-corrected chi connectivity index (χ3v) is 6.32. The lowest BCUT2D eigenvalue weighted by Crippen LogP contribution is -2.38. The highest BCUT2D eigenvalue weighted by atomic mass is 32.1. The van der Waals surface area contributed by atoms with Gasteiger partial charge in [-0.2, -0.15) is 0 Å². The smallest absolute Gasteiger partial charge is 0.260 e. The summed E-state index contributed by atoms with van der Waals surface area (Å²) in [5, 5.41) is 0.645. The number of carbonyl (C=O) groups is 1. The van der Waals surface area contributed by atoms with E-state index in [1.54, 1.807) is 37.3 Å². The minimum absolute atomic E-state index is 0.147. The molecule has 1 heterocycles. The van der Waals surface area contributed by atoms with Gasteiger partial charge in [0.05, 0.1) is 25.5 Å². The number of anilines is 1. The van der Waals surface area contributed by atoms with Gasteiger partial charge in [-0.3, -0.25) is 9.69 Å². The lowest BCUT2D eigenvalue weighted by molar-refractivity contribution is 0.0983. The largest absolute Gasteiger partial charge is 0.497 e. The zero-order chi connectivity index (χ0) is 23.1. The Balaban J connectivity index is 2.03. The minimum atomic E-state index is -0.147. The van der Waals surface area contributed by atoms with Gasteiger partial charge in [-0.25, -0.2) is 4.98 Å². The van der Waals surface area contributed by atoms with E-state index in [4.69, 9.17) is 19.2 Å². The Labute approximate surface area is 193 Å². The van der Waals surface area contributed by atoms with Crippen molar-refractivity contribution in [1.29, 1.82) is 0 Å². The molecule has 0 radical (unpaired) electrons. The monoisotopic (exact) mass is 457 g/mol. The van der Waals surface area contributed by atoms with Crippen LogP contribution in [0.5, 0.6) is 17.2 Å². The molecular weight excluding hydrogens is 426 g/mol. The minimum Gasteiger partial charge on any atom is -0.497 e. The number of methoxy groups -OCH3 is 2. The van der Waals surface area contributed by atoms with Crippen LogP contribution in [0.1, 0.15) is 31.1 Å². The summed E-state index contributed by atoms with van der Waals surface area (Å²) in [6, 6.07) is 11.1. The number of fused-ring (bicyclic) bond motifs is 1. The summed E-state index contributed by atoms with van der Waals surface area (Å²) in [6.07, 6.45) is 0. The number of amides is 1. The molecule has 2 aromatic carbocycles. The van der Waals surface area contributed by atoms with Crippen molar-refractivity contribution in [1.82, 2.24) is 9.88 Å². The molecule has 172 valence electrons. The molecule has 32 heavy (non-hydrogen) atoms. The molecule has 7 nitrogen and oxygen atoms in total. The second kappa shape index (κ2) is 11.2. The first-order valence-corrected chi connectivity index (χ1v) is 11.7. The number of likely N-dealkylation sites (N-methyl/N-ethyl adjacent to an activating group) is 1. The molecular formula is C24H31N3O4S. The van der Waals surface area contributed by atoms with E-state index < -0.39 is 0 Å². The predicted molar refractivity (Wildman–Crippen MR) is 130 cm³/mol. The number of hydrogen-bond donors (Lipinski definition) is 0. The van der Waals surface area contributed by atoms with E-state index in [-0.39, 0.29) is 5.91 Å². The Hall–Kier alpha value is -2.84. The lowest BCUT2D eigenvalue weighted by atomic mass is 10.1. The molecule has 3 aromatic rings. The van der Waals surface area contributed by atoms with Crippen LogP contribution in [0.15, 0.2) is 36.4 Å². The van der Waals surface area contributed by atoms with E-state index in [0.717, 1.165) is 35.6 Å². The summed E-state index contributed by atoms with van der Waals surface area (Å²) in [4.78, 5) is 22.5. The number of benzene rings is 2. The standard InChI is InChI=1S/C24H31N3O4S/c1-6-26(7-2)12-13-27(23(28)17-14-18(29-4)16-19(15-17)30-5)24-25-22-20(31-8-3)10-9-11-21(22)32-24/h9-11,14-16H,6-8,12-13H2,1-5H3. The van der Waals surface area contributed by atoms with E-state index in [9.17, 15) is 4.79 Å². The Morgan fingerprint density at radius 2 is 1.69 bits per heavy atom. The average molecular weight is 458 g/mol. The topological polar surface area (TPSA) is 64.1 Å². The summed E-state index contributed by atoms with van der Waals surface area (Å²) >= 11 is 1.49. The van der Waals surface area contributed by atoms with Gasteiger partial charge in [-0.05, 0) is 44.3 Å². The van der Waals surface area contributed by atoms with E-state index in [0.29, 0.717) is 35.3 Å². The van der Waals surface area contributed by atoms with Crippen LogP contribution < -0.4 is 19.1 Å². The number of carbonyl (C=O) groups excluding carboxylic acids is 1. The number of aromatic nitrogens is 1. The Morgan fingerprint density at radius 3 is 2.28 bits per heavy atom. The SMILES string of the molecule is CCOc1cccc2sc(N(CCN(CC)CC)C(=O)c3cc(OC)cc(OC)c3)nc12. The third-order valence-electron chi connectivity index (χ3n) is 5.28. The first-order valence-electron chi connectivity index (χ1n) is 10.8. The fourth-order valence-corrected chi connectivity index (χ4v) is 4.46. The zero-order valence-corrected chi connectivity index (χ0v) is 20.2. The van der Waals surface area contributed by atoms with Crippen LogP contribution in [-0.4, -0.2) is 62.8 Å². The second-order valence-electron chi connectivity index (χ2n) is 7.12. The Kier molecular flexibility index (Phi) is 8.30. The van der Waals surface area contributed by atoms with Crippen LogP contribution in [0.2, 0.25) is 0 Å². The van der Waals surface area contributed by atoms with Gasteiger partial charge in [-0.1, -0.05) is 31.3 Å². The van der Waals surface area contributed by atoms with Crippen molar-refractivity contribution >= 4 is 32.6 Å². The quantitative estimate of drug-likeness (QED) is 0.416. The van der Waals surface area contributed by atoms with E-state index in [1.807, 2.05) is 25.1 Å². The molecule has 0 N–H and O–H groups in total. The number of rotatable bonds is 11. The molecule has 0 atom stereocenters. The molecule has 1 aromatic heterocycles. The van der Waals surface area contributed by atoms with Crippen molar-refractivity contribution in [3.05, 3.63) is 42.0 Å². The molecule has 0 saturated heterocycles. The van der Waals surface area contributed by atoms with Gasteiger partial charge in [0.2, 0.25) is 0 Å². The first-order chi connectivity index (χ1) is 15.5. The predicted octanol–water partition coefficient (Wildman–Crippen LogP) is 4.70. The van der Waals surface area contributed by atoms with Crippen molar-refractivity contribution in [3.63, 3.8) is 0 Å². The van der Waals surface area contributed by atoms with Gasteiger partial charge in [0, 0.05) is 24.7 Å². The third kappa shape index (κ3) is 5.31. The summed E-state index contributed by atoms with van der Waals surface area (Å²) in [5.74, 6) is 1.72. The van der Waals surface area contributed by atoms with Gasteiger partial charge in [0.15, 0.2) is 5.13 Å². The van der Waals surface area contributed by atoms with Gasteiger partial charge >= 0.3 is 0 Å². The summed E-state index contributed by atoms with van der Waals surface area (Å²) in [5.41, 5.74) is 1.27. The molecule has 0 aliphatic heterocycles.